The minimum absolute atomic E-state index is 0.0117. The molecule has 21 heavy (non-hydrogen) atoms. The summed E-state index contributed by atoms with van der Waals surface area (Å²) in [6.07, 6.45) is 3.92. The Morgan fingerprint density at radius 2 is 2.52 bits per heavy atom. The molecule has 2 heterocycles. The van der Waals surface area contributed by atoms with Gasteiger partial charge in [-0.2, -0.15) is 5.26 Å². The van der Waals surface area contributed by atoms with Crippen molar-refractivity contribution in [3.8, 4) is 6.07 Å². The number of carbonyl (C=O) groups is 1. The molecule has 2 rings (SSSR count). The molecular formula is C13H13ClN4O2S. The molecule has 0 spiro atoms. The van der Waals surface area contributed by atoms with Crippen LogP contribution in [0.3, 0.4) is 0 Å². The van der Waals surface area contributed by atoms with Crippen LogP contribution in [-0.4, -0.2) is 35.6 Å². The molecule has 0 radical (unpaired) electrons. The third kappa shape index (κ3) is 3.61. The van der Waals surface area contributed by atoms with Crippen LogP contribution >= 0.6 is 22.9 Å². The molecule has 0 aromatic carbocycles. The van der Waals surface area contributed by atoms with Crippen LogP contribution in [0.25, 0.3) is 11.0 Å². The van der Waals surface area contributed by atoms with Gasteiger partial charge in [0.05, 0.1) is 5.69 Å². The molecule has 0 saturated carbocycles. The van der Waals surface area contributed by atoms with Crippen molar-refractivity contribution in [2.45, 2.75) is 6.42 Å². The van der Waals surface area contributed by atoms with E-state index < -0.39 is 5.91 Å². The van der Waals surface area contributed by atoms with Gasteiger partial charge in [-0.3, -0.25) is 9.20 Å². The van der Waals surface area contributed by atoms with Gasteiger partial charge in [0.25, 0.3) is 5.91 Å². The molecule has 2 aromatic heterocycles. The summed E-state index contributed by atoms with van der Waals surface area (Å²) in [6.45, 7) is 0.996. The van der Waals surface area contributed by atoms with E-state index in [9.17, 15) is 4.79 Å². The fraction of sp³-hybridized carbons (Fsp3) is 0.308. The van der Waals surface area contributed by atoms with Crippen LogP contribution in [0.5, 0.6) is 0 Å². The van der Waals surface area contributed by atoms with Crippen molar-refractivity contribution in [3.05, 3.63) is 28.0 Å². The second-order valence-corrected chi connectivity index (χ2v) is 5.35. The predicted molar refractivity (Wildman–Crippen MR) is 81.2 cm³/mol. The molecule has 0 fully saturated rings. The Morgan fingerprint density at radius 3 is 3.24 bits per heavy atom. The van der Waals surface area contributed by atoms with Crippen molar-refractivity contribution in [1.29, 1.82) is 5.26 Å². The van der Waals surface area contributed by atoms with Gasteiger partial charge >= 0.3 is 0 Å². The molecule has 0 atom stereocenters. The number of halogens is 1. The molecule has 0 aliphatic heterocycles. The second-order valence-electron chi connectivity index (χ2n) is 4.12. The summed E-state index contributed by atoms with van der Waals surface area (Å²) in [5.41, 5.74) is 0.513. The van der Waals surface area contributed by atoms with E-state index in [2.05, 4.69) is 10.3 Å². The highest BCUT2D eigenvalue weighted by Crippen LogP contribution is 2.23. The molecule has 0 bridgehead atoms. The van der Waals surface area contributed by atoms with Gasteiger partial charge in [0.15, 0.2) is 10.1 Å². The highest BCUT2D eigenvalue weighted by atomic mass is 35.5. The topological polar surface area (TPSA) is 79.4 Å². The van der Waals surface area contributed by atoms with Crippen molar-refractivity contribution in [2.75, 3.05) is 20.3 Å². The average molecular weight is 325 g/mol. The fourth-order valence-corrected chi connectivity index (χ4v) is 2.70. The first-order valence-electron chi connectivity index (χ1n) is 6.17. The minimum Gasteiger partial charge on any atom is -0.385 e. The zero-order valence-electron chi connectivity index (χ0n) is 11.3. The summed E-state index contributed by atoms with van der Waals surface area (Å²) in [6, 6.07) is 1.89. The highest BCUT2D eigenvalue weighted by molar-refractivity contribution is 7.15. The van der Waals surface area contributed by atoms with E-state index in [1.807, 2.05) is 11.4 Å². The first-order chi connectivity index (χ1) is 10.2. The molecule has 2 aromatic rings. The third-order valence-corrected chi connectivity index (χ3v) is 3.75. The molecule has 0 aliphatic carbocycles. The molecule has 8 heteroatoms. The third-order valence-electron chi connectivity index (χ3n) is 2.71. The maximum Gasteiger partial charge on any atom is 0.262 e. The first kappa shape index (κ1) is 15.5. The SMILES string of the molecule is COCCCNC(=O)/C(C#N)=C/c1c(Cl)nc2sccn12. The summed E-state index contributed by atoms with van der Waals surface area (Å²) in [7, 11) is 1.59. The number of ether oxygens (including phenoxy) is 1. The van der Waals surface area contributed by atoms with Gasteiger partial charge in [-0.25, -0.2) is 4.98 Å². The molecule has 6 nitrogen and oxygen atoms in total. The van der Waals surface area contributed by atoms with E-state index in [-0.39, 0.29) is 10.7 Å². The van der Waals surface area contributed by atoms with Crippen molar-refractivity contribution < 1.29 is 9.53 Å². The fourth-order valence-electron chi connectivity index (χ4n) is 1.70. The number of nitrogens with one attached hydrogen (secondary N) is 1. The van der Waals surface area contributed by atoms with Crippen LogP contribution in [0.2, 0.25) is 5.15 Å². The van der Waals surface area contributed by atoms with Gasteiger partial charge < -0.3 is 10.1 Å². The summed E-state index contributed by atoms with van der Waals surface area (Å²) in [5.74, 6) is -0.435. The molecule has 1 amide bonds. The monoisotopic (exact) mass is 324 g/mol. The number of aromatic nitrogens is 2. The number of thiazole rings is 1. The maximum atomic E-state index is 11.9. The minimum atomic E-state index is -0.435. The van der Waals surface area contributed by atoms with E-state index in [1.54, 1.807) is 17.7 Å². The number of nitriles is 1. The molecule has 1 N–H and O–H groups in total. The van der Waals surface area contributed by atoms with Gasteiger partial charge in [-0.05, 0) is 12.5 Å². The van der Waals surface area contributed by atoms with Gasteiger partial charge in [-0.15, -0.1) is 11.3 Å². The van der Waals surface area contributed by atoms with Gasteiger partial charge in [-0.1, -0.05) is 11.6 Å². The van der Waals surface area contributed by atoms with Gasteiger partial charge in [0, 0.05) is 31.8 Å². The number of carbonyl (C=O) groups excluding carboxylic acids is 1. The van der Waals surface area contributed by atoms with Crippen LogP contribution < -0.4 is 5.32 Å². The molecular weight excluding hydrogens is 312 g/mol. The average Bonchev–Trinajstić information content (AvgIpc) is 3.02. The zero-order chi connectivity index (χ0) is 15.2. The smallest absolute Gasteiger partial charge is 0.262 e. The Labute approximate surface area is 130 Å². The Balaban J connectivity index is 2.17. The van der Waals surface area contributed by atoms with Crippen LogP contribution in [0.1, 0.15) is 12.1 Å². The molecule has 110 valence electrons. The lowest BCUT2D eigenvalue weighted by molar-refractivity contribution is -0.117. The van der Waals surface area contributed by atoms with Crippen molar-refractivity contribution in [3.63, 3.8) is 0 Å². The highest BCUT2D eigenvalue weighted by Gasteiger charge is 2.14. The van der Waals surface area contributed by atoms with Crippen molar-refractivity contribution >= 4 is 39.9 Å². The predicted octanol–water partition coefficient (Wildman–Crippen LogP) is 2.11. The van der Waals surface area contributed by atoms with Gasteiger partial charge in [0.2, 0.25) is 0 Å². The quantitative estimate of drug-likeness (QED) is 0.501. The molecule has 0 unspecified atom stereocenters. The molecule has 0 aliphatic rings. The van der Waals surface area contributed by atoms with Crippen LogP contribution in [0.15, 0.2) is 17.2 Å². The number of fused-ring (bicyclic) bond motifs is 1. The lowest BCUT2D eigenvalue weighted by Crippen LogP contribution is -2.26. The lowest BCUT2D eigenvalue weighted by atomic mass is 10.2. The summed E-state index contributed by atoms with van der Waals surface area (Å²) in [5, 5.41) is 13.9. The zero-order valence-corrected chi connectivity index (χ0v) is 12.9. The normalized spacial score (nSPS) is 11.6. The number of hydrogen-bond acceptors (Lipinski definition) is 5. The second kappa shape index (κ2) is 7.22. The van der Waals surface area contributed by atoms with E-state index in [4.69, 9.17) is 21.6 Å². The first-order valence-corrected chi connectivity index (χ1v) is 7.43. The van der Waals surface area contributed by atoms with Crippen molar-refractivity contribution in [1.82, 2.24) is 14.7 Å². The van der Waals surface area contributed by atoms with Crippen LogP contribution in [0.4, 0.5) is 0 Å². The maximum absolute atomic E-state index is 11.9. The molecule has 0 saturated heterocycles. The van der Waals surface area contributed by atoms with Crippen LogP contribution in [-0.2, 0) is 9.53 Å². The van der Waals surface area contributed by atoms with Gasteiger partial charge in [0.1, 0.15) is 11.6 Å². The summed E-state index contributed by atoms with van der Waals surface area (Å²) >= 11 is 7.46. The van der Waals surface area contributed by atoms with Crippen molar-refractivity contribution in [2.24, 2.45) is 0 Å². The van der Waals surface area contributed by atoms with E-state index >= 15 is 0 Å². The lowest BCUT2D eigenvalue weighted by Gasteiger charge is -2.03. The summed E-state index contributed by atoms with van der Waals surface area (Å²) < 4.78 is 6.63. The number of nitrogens with zero attached hydrogens (tertiary/aromatic N) is 3. The largest absolute Gasteiger partial charge is 0.385 e. The number of hydrogen-bond donors (Lipinski definition) is 1. The Morgan fingerprint density at radius 1 is 1.71 bits per heavy atom. The Bertz CT molecular complexity index is 713. The summed E-state index contributed by atoms with van der Waals surface area (Å²) in [4.78, 5) is 16.8. The van der Waals surface area contributed by atoms with E-state index in [0.29, 0.717) is 30.2 Å². The number of imidazole rings is 1. The van der Waals surface area contributed by atoms with Crippen LogP contribution in [0, 0.1) is 11.3 Å². The Hall–Kier alpha value is -1.88. The Kier molecular flexibility index (Phi) is 5.33. The van der Waals surface area contributed by atoms with E-state index in [0.717, 1.165) is 0 Å². The number of rotatable bonds is 6. The number of methoxy groups -OCH3 is 1. The van der Waals surface area contributed by atoms with E-state index in [1.165, 1.54) is 17.4 Å². The standard InChI is InChI=1S/C13H13ClN4O2S/c1-20-5-2-3-16-12(19)9(8-15)7-10-11(14)17-13-18(10)4-6-21-13/h4,6-7H,2-3,5H2,1H3,(H,16,19)/b9-7+. The number of amides is 1.